The number of amides is 4. The molecule has 0 heterocycles. The van der Waals surface area contributed by atoms with E-state index in [-0.39, 0.29) is 96.0 Å². The number of anilines is 4. The van der Waals surface area contributed by atoms with Crippen LogP contribution in [0.1, 0.15) is 233 Å². The van der Waals surface area contributed by atoms with E-state index in [0.717, 1.165) is 122 Å². The second-order valence-electron chi connectivity index (χ2n) is 26.4. The number of unbranched alkanes of at least 4 members (excludes halogenated alkanes) is 10. The first-order valence-electron chi connectivity index (χ1n) is 35.8. The molecule has 5 unspecified atom stereocenters. The minimum atomic E-state index is -0.284. The topological polar surface area (TPSA) is 640 Å². The van der Waals surface area contributed by atoms with Crippen LogP contribution in [0.5, 0.6) is 0 Å². The van der Waals surface area contributed by atoms with Gasteiger partial charge in [0.25, 0.3) is 0 Å². The number of hydrazone groups is 3. The monoisotopic (exact) mass is 1490 g/mol. The van der Waals surface area contributed by atoms with Crippen LogP contribution < -0.4 is 123 Å². The van der Waals surface area contributed by atoms with E-state index in [1.807, 2.05) is 102 Å². The van der Waals surface area contributed by atoms with Crippen LogP contribution in [-0.2, 0) is 19.2 Å². The minimum Gasteiger partial charge on any atom is -0.401 e. The SMILES string of the molecule is C=C(N)CN=C(C)c1cc(NC(=O)CCCCCCCCC(=O)Nc2cc(/C(C)=N/N=C(N)N)cc(C(C)NN=C(N)N)c2)cc(/C(C)=N/N=C(N)N)c1.C=C(N)CNC(C)c1cc(NC(=O)CCCCCCCCC(=O)Nc2cc(C(C)CN=C(N)N)cc(C(C)NN=C(N)N)c2)cc(C(C)NN=C(N)N)c1. The maximum Gasteiger partial charge on any atom is 0.224 e. The van der Waals surface area contributed by atoms with Crippen LogP contribution in [0.4, 0.5) is 22.7 Å². The van der Waals surface area contributed by atoms with E-state index in [0.29, 0.717) is 89.9 Å². The van der Waals surface area contributed by atoms with E-state index in [2.05, 4.69) is 102 Å². The number of nitrogens with two attached hydrogens (primary N) is 14. The summed E-state index contributed by atoms with van der Waals surface area (Å²) in [7, 11) is 0. The molecule has 4 aromatic rings. The molecule has 0 fully saturated rings. The molecule has 5 atom stereocenters. The van der Waals surface area contributed by atoms with E-state index in [9.17, 15) is 19.2 Å². The van der Waals surface area contributed by atoms with Crippen molar-refractivity contribution in [1.82, 2.24) is 21.6 Å². The largest absolute Gasteiger partial charge is 0.401 e. The first-order chi connectivity index (χ1) is 51.1. The molecule has 4 amide bonds. The molecule has 35 nitrogen and oxygen atoms in total. The van der Waals surface area contributed by atoms with Crippen LogP contribution in [0.3, 0.4) is 0 Å². The summed E-state index contributed by atoms with van der Waals surface area (Å²) in [5, 5.41) is 42.6. The molecule has 0 saturated carbocycles. The highest BCUT2D eigenvalue weighted by molar-refractivity contribution is 6.06. The second kappa shape index (κ2) is 48.0. The van der Waals surface area contributed by atoms with Gasteiger partial charge in [-0.1, -0.05) is 83.6 Å². The first kappa shape index (κ1) is 90.0. The molecule has 108 heavy (non-hydrogen) atoms. The van der Waals surface area contributed by atoms with Gasteiger partial charge in [0.15, 0.2) is 5.96 Å². The third-order valence-corrected chi connectivity index (χ3v) is 16.4. The molecule has 4 aromatic carbocycles. The fourth-order valence-electron chi connectivity index (χ4n) is 10.5. The zero-order chi connectivity index (χ0) is 80.4. The summed E-state index contributed by atoms with van der Waals surface area (Å²) >= 11 is 0. The fourth-order valence-corrected chi connectivity index (χ4v) is 10.5. The van der Waals surface area contributed by atoms with Crippen molar-refractivity contribution >= 4 is 99.3 Å². The van der Waals surface area contributed by atoms with Crippen molar-refractivity contribution in [3.8, 4) is 0 Å². The molecule has 0 aliphatic rings. The highest BCUT2D eigenvalue weighted by Crippen LogP contribution is 2.29. The van der Waals surface area contributed by atoms with Gasteiger partial charge in [-0.15, -0.1) is 25.5 Å². The van der Waals surface area contributed by atoms with Crippen LogP contribution in [0.2, 0.25) is 0 Å². The Kier molecular flexibility index (Phi) is 40.1. The standard InChI is InChI=1S/C37H63N15O2.C36H56N16O2/c1-22(20-46-35(39)40)27-14-29(25(4)49-51-36(41)42)18-31(16-27)47-33(53)12-10-8-6-7-9-11-13-34(54)48-32-17-28(24(3)45-21-23(2)38)15-30(19-32)26(5)50-52-37(43)44;1-21(37)20-44-22(2)26-14-27(23(3)47-50-34(38)39)17-30(16-26)45-32(53)12-10-8-6-7-9-11-13-33(54)46-31-18-28(24(4)48-51-35(40)41)15-29(19-31)25(5)49-52-36(42)43/h14-19,22,24-26,45,49-50H,2,6-13,20-21,38H2,1,3-5H3,(H,47,53)(H,48,54)(H4,39,40,46)(H4,41,42,51)(H4,43,44,52);14-19,24,48H,1,6-13,20,37H2,2-5H3,(H,45,53)(H,46,54)(H4,38,39,50)(H4,40,41,51)(H4,42,43,52)/b;44-22?,47-23+,49-25+. The summed E-state index contributed by atoms with van der Waals surface area (Å²) in [6.45, 7) is 23.7. The van der Waals surface area contributed by atoms with E-state index in [4.69, 9.17) is 80.3 Å². The zero-order valence-electron chi connectivity index (χ0n) is 63.9. The summed E-state index contributed by atoms with van der Waals surface area (Å²) in [6.07, 6.45) is 11.9. The Morgan fingerprint density at radius 3 is 1.01 bits per heavy atom. The number of carbonyl (C=O) groups excluding carboxylic acids is 4. The van der Waals surface area contributed by atoms with Crippen molar-refractivity contribution in [3.05, 3.63) is 142 Å². The predicted octanol–water partition coefficient (Wildman–Crippen LogP) is 5.06. The number of nitrogens with zero attached hydrogens (tertiary/aromatic N) is 9. The Hall–Kier alpha value is -12.2. The van der Waals surface area contributed by atoms with Crippen LogP contribution in [0.25, 0.3) is 0 Å². The number of guanidine groups is 6. The van der Waals surface area contributed by atoms with Gasteiger partial charge in [-0.2, -0.15) is 10.2 Å². The Morgan fingerprint density at radius 1 is 0.343 bits per heavy atom. The lowest BCUT2D eigenvalue weighted by atomic mass is 9.96. The van der Waals surface area contributed by atoms with Crippen molar-refractivity contribution in [2.75, 3.05) is 40.9 Å². The molecule has 35 heteroatoms. The average molecular weight is 1490 g/mol. The van der Waals surface area contributed by atoms with Gasteiger partial charge in [0.2, 0.25) is 53.4 Å². The second-order valence-corrected chi connectivity index (χ2v) is 26.4. The van der Waals surface area contributed by atoms with Crippen molar-refractivity contribution in [2.45, 2.75) is 188 Å². The van der Waals surface area contributed by atoms with Crippen molar-refractivity contribution in [2.24, 2.45) is 126 Å². The Morgan fingerprint density at radius 2 is 0.657 bits per heavy atom. The molecule has 0 aliphatic heterocycles. The molecule has 0 bridgehead atoms. The number of benzene rings is 4. The highest BCUT2D eigenvalue weighted by atomic mass is 16.2. The molecular weight excluding hydrogens is 1380 g/mol. The molecule has 36 N–H and O–H groups in total. The maximum atomic E-state index is 12.9. The quantitative estimate of drug-likeness (QED) is 0.0119. The number of hydrogen-bond donors (Lipinski definition) is 22. The van der Waals surface area contributed by atoms with Gasteiger partial charge in [-0.3, -0.25) is 45.4 Å². The van der Waals surface area contributed by atoms with E-state index in [1.54, 1.807) is 26.0 Å². The van der Waals surface area contributed by atoms with E-state index in [1.165, 1.54) is 0 Å². The van der Waals surface area contributed by atoms with Crippen LogP contribution in [0.15, 0.2) is 143 Å². The zero-order valence-corrected chi connectivity index (χ0v) is 63.9. The molecular formula is C73H119N31O4. The number of rotatable bonds is 45. The van der Waals surface area contributed by atoms with Crippen LogP contribution >= 0.6 is 0 Å². The fraction of sp³-hybridized carbons (Fsp3) is 0.438. The number of hydrogen-bond acceptors (Lipinski definition) is 19. The molecule has 0 radical (unpaired) electrons. The lowest BCUT2D eigenvalue weighted by Gasteiger charge is -2.20. The van der Waals surface area contributed by atoms with Crippen molar-refractivity contribution < 1.29 is 19.2 Å². The van der Waals surface area contributed by atoms with E-state index >= 15 is 0 Å². The van der Waals surface area contributed by atoms with Gasteiger partial charge in [0, 0.05) is 96.2 Å². The maximum absolute atomic E-state index is 12.9. The smallest absolute Gasteiger partial charge is 0.224 e. The molecule has 0 aliphatic carbocycles. The van der Waals surface area contributed by atoms with Gasteiger partial charge < -0.3 is 107 Å². The molecule has 0 spiro atoms. The van der Waals surface area contributed by atoms with Gasteiger partial charge in [0.05, 0.1) is 36.1 Å². The third kappa shape index (κ3) is 38.0. The summed E-state index contributed by atoms with van der Waals surface area (Å²) in [4.78, 5) is 60.1. The van der Waals surface area contributed by atoms with Gasteiger partial charge in [0.1, 0.15) is 0 Å². The molecule has 4 rings (SSSR count). The molecule has 590 valence electrons. The Balaban J connectivity index is 0.000000560. The lowest BCUT2D eigenvalue weighted by molar-refractivity contribution is -0.117. The number of nitrogens with one attached hydrogen (secondary N) is 8. The predicted molar refractivity (Wildman–Crippen MR) is 442 cm³/mol. The molecule has 0 aromatic heterocycles. The Labute approximate surface area is 634 Å². The van der Waals surface area contributed by atoms with Crippen LogP contribution in [0, 0.1) is 0 Å². The third-order valence-electron chi connectivity index (χ3n) is 16.4. The summed E-state index contributed by atoms with van der Waals surface area (Å²) in [6, 6.07) is 22.0. The van der Waals surface area contributed by atoms with Crippen LogP contribution in [-0.4, -0.2) is 96.2 Å². The average Bonchev–Trinajstić information content (AvgIpc) is 0.855. The lowest BCUT2D eigenvalue weighted by Crippen LogP contribution is -2.27. The molecule has 0 saturated heterocycles. The van der Waals surface area contributed by atoms with Gasteiger partial charge in [-0.05, 0) is 174 Å². The summed E-state index contributed by atoms with van der Waals surface area (Å²) in [5.41, 5.74) is 97.8. The summed E-state index contributed by atoms with van der Waals surface area (Å²) < 4.78 is 0. The number of carbonyl (C=O) groups is 4. The number of aliphatic imine (C=N–C) groups is 2. The normalized spacial score (nSPS) is 12.6. The van der Waals surface area contributed by atoms with Crippen molar-refractivity contribution in [3.63, 3.8) is 0 Å². The van der Waals surface area contributed by atoms with Gasteiger partial charge in [-0.25, -0.2) is 0 Å². The van der Waals surface area contributed by atoms with E-state index < -0.39 is 0 Å². The van der Waals surface area contributed by atoms with Crippen molar-refractivity contribution in [1.29, 1.82) is 0 Å². The highest BCUT2D eigenvalue weighted by Gasteiger charge is 2.18. The minimum absolute atomic E-state index is 0.00293. The summed E-state index contributed by atoms with van der Waals surface area (Å²) in [5.74, 6) is -0.921. The first-order valence-corrected chi connectivity index (χ1v) is 35.8. The van der Waals surface area contributed by atoms with Gasteiger partial charge >= 0.3 is 0 Å². The Bertz CT molecular complexity index is 3860.